The number of guanidine groups is 1. The Balaban J connectivity index is 2.14. The number of rotatable bonds is 3. The van der Waals surface area contributed by atoms with Gasteiger partial charge in [0.2, 0.25) is 0 Å². The van der Waals surface area contributed by atoms with Gasteiger partial charge in [-0.05, 0) is 46.6 Å². The van der Waals surface area contributed by atoms with Crippen molar-refractivity contribution in [1.82, 2.24) is 10.3 Å². The second kappa shape index (κ2) is 6.33. The fourth-order valence-electron chi connectivity index (χ4n) is 2.49. The Morgan fingerprint density at radius 3 is 2.62 bits per heavy atom. The largest absolute Gasteiger partial charge is 0.370 e. The molecule has 1 aliphatic heterocycles. The number of nitrogens with two attached hydrogens (primary N) is 1. The molecule has 5 heteroatoms. The average Bonchev–Trinajstić information content (AvgIpc) is 2.88. The van der Waals surface area contributed by atoms with Crippen LogP contribution in [0.3, 0.4) is 0 Å². The first kappa shape index (κ1) is 15.6. The Morgan fingerprint density at radius 1 is 1.33 bits per heavy atom. The molecule has 1 aromatic rings. The number of aryl methyl sites for hydroxylation is 1. The van der Waals surface area contributed by atoms with Gasteiger partial charge in [-0.15, -0.1) is 0 Å². The van der Waals surface area contributed by atoms with Gasteiger partial charge in [0, 0.05) is 29.9 Å². The van der Waals surface area contributed by atoms with Crippen LogP contribution < -0.4 is 16.0 Å². The van der Waals surface area contributed by atoms with Crippen molar-refractivity contribution in [3.05, 3.63) is 23.4 Å². The van der Waals surface area contributed by atoms with Gasteiger partial charge in [0.25, 0.3) is 0 Å². The van der Waals surface area contributed by atoms with E-state index in [9.17, 15) is 0 Å². The van der Waals surface area contributed by atoms with E-state index in [2.05, 4.69) is 42.0 Å². The summed E-state index contributed by atoms with van der Waals surface area (Å²) >= 11 is 0. The van der Waals surface area contributed by atoms with Crippen LogP contribution in [0.2, 0.25) is 0 Å². The maximum atomic E-state index is 5.95. The Hall–Kier alpha value is -1.78. The van der Waals surface area contributed by atoms with Crippen molar-refractivity contribution >= 4 is 11.8 Å². The van der Waals surface area contributed by atoms with Crippen LogP contribution in [-0.2, 0) is 6.54 Å². The number of hydrogen-bond acceptors (Lipinski definition) is 3. The first-order chi connectivity index (χ1) is 9.85. The Morgan fingerprint density at radius 2 is 2.00 bits per heavy atom. The summed E-state index contributed by atoms with van der Waals surface area (Å²) in [6.45, 7) is 11.0. The number of nitrogens with one attached hydrogen (secondary N) is 1. The Bertz CT molecular complexity index is 510. The zero-order valence-electron chi connectivity index (χ0n) is 13.6. The molecule has 116 valence electrons. The van der Waals surface area contributed by atoms with E-state index in [1.165, 1.54) is 12.8 Å². The van der Waals surface area contributed by atoms with Gasteiger partial charge in [-0.1, -0.05) is 6.07 Å². The quantitative estimate of drug-likeness (QED) is 0.661. The maximum Gasteiger partial charge on any atom is 0.189 e. The molecule has 0 bridgehead atoms. The molecule has 0 amide bonds. The first-order valence-corrected chi connectivity index (χ1v) is 7.65. The van der Waals surface area contributed by atoms with Gasteiger partial charge >= 0.3 is 0 Å². The van der Waals surface area contributed by atoms with Crippen molar-refractivity contribution < 1.29 is 0 Å². The van der Waals surface area contributed by atoms with Crippen molar-refractivity contribution in [2.45, 2.75) is 52.6 Å². The van der Waals surface area contributed by atoms with Gasteiger partial charge in [0.15, 0.2) is 5.96 Å². The molecular formula is C16H27N5. The van der Waals surface area contributed by atoms with Crippen LogP contribution in [-0.4, -0.2) is 29.6 Å². The number of pyridine rings is 1. The smallest absolute Gasteiger partial charge is 0.189 e. The highest BCUT2D eigenvalue weighted by atomic mass is 15.2. The molecule has 0 aromatic carbocycles. The normalized spacial score (nSPS) is 16.4. The van der Waals surface area contributed by atoms with Crippen molar-refractivity contribution in [2.75, 3.05) is 18.0 Å². The minimum Gasteiger partial charge on any atom is -0.370 e. The molecule has 0 aliphatic carbocycles. The van der Waals surface area contributed by atoms with Crippen LogP contribution in [0.1, 0.15) is 44.9 Å². The van der Waals surface area contributed by atoms with Gasteiger partial charge in [0.05, 0.1) is 6.54 Å². The number of hydrogen-bond donors (Lipinski definition) is 2. The van der Waals surface area contributed by atoms with Crippen molar-refractivity contribution in [3.8, 4) is 0 Å². The number of anilines is 1. The Kier molecular flexibility index (Phi) is 4.70. The lowest BCUT2D eigenvalue weighted by Crippen LogP contribution is -2.45. The summed E-state index contributed by atoms with van der Waals surface area (Å²) in [4.78, 5) is 11.5. The Labute approximate surface area is 127 Å². The summed E-state index contributed by atoms with van der Waals surface area (Å²) in [5.74, 6) is 1.55. The molecule has 5 nitrogen and oxygen atoms in total. The van der Waals surface area contributed by atoms with Crippen LogP contribution in [0.25, 0.3) is 0 Å². The van der Waals surface area contributed by atoms with Crippen LogP contribution in [0, 0.1) is 6.92 Å². The summed E-state index contributed by atoms with van der Waals surface area (Å²) in [5.41, 5.74) is 8.06. The number of aromatic nitrogens is 1. The molecule has 2 heterocycles. The molecular weight excluding hydrogens is 262 g/mol. The third-order valence-electron chi connectivity index (χ3n) is 3.42. The van der Waals surface area contributed by atoms with E-state index >= 15 is 0 Å². The van der Waals surface area contributed by atoms with Gasteiger partial charge in [-0.2, -0.15) is 0 Å². The minimum absolute atomic E-state index is 0.0725. The molecule has 1 saturated heterocycles. The third kappa shape index (κ3) is 4.62. The molecule has 0 atom stereocenters. The third-order valence-corrected chi connectivity index (χ3v) is 3.42. The topological polar surface area (TPSA) is 66.5 Å². The van der Waals surface area contributed by atoms with Crippen molar-refractivity contribution in [3.63, 3.8) is 0 Å². The molecule has 2 rings (SSSR count). The van der Waals surface area contributed by atoms with Gasteiger partial charge < -0.3 is 16.0 Å². The van der Waals surface area contributed by atoms with Gasteiger partial charge in [-0.25, -0.2) is 9.98 Å². The van der Waals surface area contributed by atoms with E-state index in [1.807, 2.05) is 13.0 Å². The summed E-state index contributed by atoms with van der Waals surface area (Å²) in [6, 6.07) is 4.15. The molecule has 1 aliphatic rings. The highest BCUT2D eigenvalue weighted by Crippen LogP contribution is 2.23. The van der Waals surface area contributed by atoms with Crippen LogP contribution in [0.5, 0.6) is 0 Å². The summed E-state index contributed by atoms with van der Waals surface area (Å²) in [7, 11) is 0. The molecule has 0 unspecified atom stereocenters. The summed E-state index contributed by atoms with van der Waals surface area (Å²) in [5, 5.41) is 3.18. The first-order valence-electron chi connectivity index (χ1n) is 7.65. The predicted molar refractivity (Wildman–Crippen MR) is 88.6 cm³/mol. The molecule has 1 fully saturated rings. The van der Waals surface area contributed by atoms with Gasteiger partial charge in [0.1, 0.15) is 5.82 Å². The molecule has 1 aromatic heterocycles. The highest BCUT2D eigenvalue weighted by Gasteiger charge is 2.17. The van der Waals surface area contributed by atoms with E-state index in [0.717, 1.165) is 30.2 Å². The molecule has 0 radical (unpaired) electrons. The fourth-order valence-corrected chi connectivity index (χ4v) is 2.49. The molecule has 0 saturated carbocycles. The lowest BCUT2D eigenvalue weighted by molar-refractivity contribution is 0.508. The lowest BCUT2D eigenvalue weighted by atomic mass is 10.1. The molecule has 21 heavy (non-hydrogen) atoms. The number of nitrogens with zero attached hydrogens (tertiary/aromatic N) is 3. The minimum atomic E-state index is -0.0725. The lowest BCUT2D eigenvalue weighted by Gasteiger charge is -2.22. The van der Waals surface area contributed by atoms with E-state index in [4.69, 9.17) is 10.7 Å². The van der Waals surface area contributed by atoms with E-state index in [1.54, 1.807) is 0 Å². The van der Waals surface area contributed by atoms with Crippen LogP contribution in [0.4, 0.5) is 5.82 Å². The standard InChI is InChI=1S/C16H27N5/c1-12-7-8-13(11-18-15(17)20-16(2,3)4)14(19-12)21-9-5-6-10-21/h7-8H,5-6,9-11H2,1-4H3,(H3,17,18,20). The fraction of sp³-hybridized carbons (Fsp3) is 0.625. The molecule has 0 spiro atoms. The van der Waals surface area contributed by atoms with E-state index in [-0.39, 0.29) is 5.54 Å². The second-order valence-corrected chi connectivity index (χ2v) is 6.71. The van der Waals surface area contributed by atoms with Crippen molar-refractivity contribution in [2.24, 2.45) is 10.7 Å². The van der Waals surface area contributed by atoms with Crippen LogP contribution in [0.15, 0.2) is 17.1 Å². The molecule has 3 N–H and O–H groups in total. The van der Waals surface area contributed by atoms with Crippen molar-refractivity contribution in [1.29, 1.82) is 0 Å². The maximum absolute atomic E-state index is 5.95. The van der Waals surface area contributed by atoms with E-state index in [0.29, 0.717) is 12.5 Å². The SMILES string of the molecule is Cc1ccc(CN=C(N)NC(C)(C)C)c(N2CCCC2)n1. The zero-order chi connectivity index (χ0) is 15.5. The predicted octanol–water partition coefficient (Wildman–Crippen LogP) is 2.19. The second-order valence-electron chi connectivity index (χ2n) is 6.71. The van der Waals surface area contributed by atoms with Gasteiger partial charge in [-0.3, -0.25) is 0 Å². The van der Waals surface area contributed by atoms with E-state index < -0.39 is 0 Å². The number of aliphatic imine (C=N–C) groups is 1. The summed E-state index contributed by atoms with van der Waals surface area (Å²) in [6.07, 6.45) is 2.48. The van der Waals surface area contributed by atoms with Crippen LogP contribution >= 0.6 is 0 Å². The average molecular weight is 289 g/mol. The monoisotopic (exact) mass is 289 g/mol. The zero-order valence-corrected chi connectivity index (χ0v) is 13.6. The highest BCUT2D eigenvalue weighted by molar-refractivity contribution is 5.78. The summed E-state index contributed by atoms with van der Waals surface area (Å²) < 4.78 is 0.